The molecule has 2 N–H and O–H groups in total. The van der Waals surface area contributed by atoms with Gasteiger partial charge in [0.15, 0.2) is 5.96 Å². The van der Waals surface area contributed by atoms with Crippen LogP contribution in [-0.4, -0.2) is 59.5 Å². The lowest BCUT2D eigenvalue weighted by Crippen LogP contribution is -2.52. The van der Waals surface area contributed by atoms with E-state index in [9.17, 15) is 0 Å². The van der Waals surface area contributed by atoms with Gasteiger partial charge in [-0.05, 0) is 37.6 Å². The first kappa shape index (κ1) is 21.6. The van der Waals surface area contributed by atoms with Crippen LogP contribution in [0.4, 0.5) is 0 Å². The number of nitrogens with zero attached hydrogens (tertiary/aromatic N) is 4. The van der Waals surface area contributed by atoms with Crippen LogP contribution in [0.3, 0.4) is 0 Å². The van der Waals surface area contributed by atoms with Gasteiger partial charge in [0.05, 0.1) is 30.5 Å². The van der Waals surface area contributed by atoms with Crippen LogP contribution >= 0.6 is 11.6 Å². The Bertz CT molecular complexity index is 817. The topological polar surface area (TPSA) is 66.7 Å². The molecule has 0 spiro atoms. The second-order valence-electron chi connectivity index (χ2n) is 7.90. The van der Waals surface area contributed by atoms with Crippen molar-refractivity contribution in [3.63, 3.8) is 0 Å². The van der Waals surface area contributed by atoms with Crippen LogP contribution in [0, 0.1) is 0 Å². The predicted octanol–water partition coefficient (Wildman–Crippen LogP) is 2.59. The van der Waals surface area contributed by atoms with E-state index in [0.717, 1.165) is 42.9 Å². The largest absolute Gasteiger partial charge is 0.373 e. The van der Waals surface area contributed by atoms with E-state index in [0.29, 0.717) is 6.54 Å². The SMILES string of the molecule is CN=C(NCc1ccnn1C)NCC(c1ccc(Cl)cc1)N1CCOC(C)(C)C1. The van der Waals surface area contributed by atoms with Gasteiger partial charge in [0, 0.05) is 44.9 Å². The lowest BCUT2D eigenvalue weighted by molar-refractivity contribution is -0.0971. The van der Waals surface area contributed by atoms with Gasteiger partial charge in [-0.25, -0.2) is 0 Å². The van der Waals surface area contributed by atoms with E-state index >= 15 is 0 Å². The van der Waals surface area contributed by atoms with E-state index in [1.54, 1.807) is 13.2 Å². The van der Waals surface area contributed by atoms with Gasteiger partial charge in [-0.15, -0.1) is 0 Å². The van der Waals surface area contributed by atoms with Crippen LogP contribution in [-0.2, 0) is 18.3 Å². The molecule has 1 unspecified atom stereocenters. The molecule has 7 nitrogen and oxygen atoms in total. The number of rotatable bonds is 6. The summed E-state index contributed by atoms with van der Waals surface area (Å²) < 4.78 is 7.76. The first-order valence-corrected chi connectivity index (χ1v) is 10.3. The van der Waals surface area contributed by atoms with Crippen molar-refractivity contribution in [1.82, 2.24) is 25.3 Å². The fourth-order valence-corrected chi connectivity index (χ4v) is 3.75. The molecule has 1 aliphatic rings. The molecule has 0 radical (unpaired) electrons. The summed E-state index contributed by atoms with van der Waals surface area (Å²) in [4.78, 5) is 6.84. The zero-order valence-corrected chi connectivity index (χ0v) is 18.4. The Morgan fingerprint density at radius 3 is 2.66 bits per heavy atom. The van der Waals surface area contributed by atoms with Crippen LogP contribution in [0.1, 0.15) is 31.1 Å². The van der Waals surface area contributed by atoms with Crippen molar-refractivity contribution in [2.24, 2.45) is 12.0 Å². The summed E-state index contributed by atoms with van der Waals surface area (Å²) >= 11 is 6.11. The van der Waals surface area contributed by atoms with E-state index in [2.05, 4.69) is 51.6 Å². The van der Waals surface area contributed by atoms with E-state index in [1.165, 1.54) is 5.56 Å². The summed E-state index contributed by atoms with van der Waals surface area (Å²) in [6.07, 6.45) is 1.80. The molecule has 1 aromatic carbocycles. The number of benzene rings is 1. The Hall–Kier alpha value is -2.09. The van der Waals surface area contributed by atoms with Crippen molar-refractivity contribution in [3.8, 4) is 0 Å². The molecule has 1 saturated heterocycles. The van der Waals surface area contributed by atoms with Gasteiger partial charge in [0.2, 0.25) is 0 Å². The molecule has 0 amide bonds. The third-order valence-electron chi connectivity index (χ3n) is 5.20. The monoisotopic (exact) mass is 418 g/mol. The molecule has 8 heteroatoms. The van der Waals surface area contributed by atoms with Crippen molar-refractivity contribution in [3.05, 3.63) is 52.8 Å². The van der Waals surface area contributed by atoms with Gasteiger partial charge in [-0.2, -0.15) is 5.10 Å². The van der Waals surface area contributed by atoms with E-state index in [-0.39, 0.29) is 11.6 Å². The lowest BCUT2D eigenvalue weighted by Gasteiger charge is -2.42. The van der Waals surface area contributed by atoms with Crippen LogP contribution in [0.5, 0.6) is 0 Å². The zero-order chi connectivity index (χ0) is 20.9. The fraction of sp³-hybridized carbons (Fsp3) is 0.524. The van der Waals surface area contributed by atoms with Crippen molar-refractivity contribution in [2.45, 2.75) is 32.0 Å². The first-order valence-electron chi connectivity index (χ1n) is 9.93. The van der Waals surface area contributed by atoms with Crippen molar-refractivity contribution in [2.75, 3.05) is 33.3 Å². The summed E-state index contributed by atoms with van der Waals surface area (Å²) in [6, 6.07) is 10.3. The Balaban J connectivity index is 1.68. The summed E-state index contributed by atoms with van der Waals surface area (Å²) in [5, 5.41) is 11.8. The molecule has 29 heavy (non-hydrogen) atoms. The fourth-order valence-electron chi connectivity index (χ4n) is 3.62. The minimum atomic E-state index is -0.164. The summed E-state index contributed by atoms with van der Waals surface area (Å²) in [5.41, 5.74) is 2.15. The number of hydrogen-bond donors (Lipinski definition) is 2. The maximum Gasteiger partial charge on any atom is 0.191 e. The maximum atomic E-state index is 6.11. The first-order chi connectivity index (χ1) is 13.9. The lowest BCUT2D eigenvalue weighted by atomic mass is 10.0. The van der Waals surface area contributed by atoms with Crippen molar-refractivity contribution in [1.29, 1.82) is 0 Å². The summed E-state index contributed by atoms with van der Waals surface area (Å²) in [7, 11) is 3.72. The van der Waals surface area contributed by atoms with Gasteiger partial charge in [-0.3, -0.25) is 14.6 Å². The number of halogens is 1. The van der Waals surface area contributed by atoms with Gasteiger partial charge in [0.1, 0.15) is 0 Å². The second-order valence-corrected chi connectivity index (χ2v) is 8.34. The maximum absolute atomic E-state index is 6.11. The van der Waals surface area contributed by atoms with Crippen LogP contribution in [0.15, 0.2) is 41.5 Å². The third kappa shape index (κ3) is 5.95. The molecule has 1 fully saturated rings. The van der Waals surface area contributed by atoms with Crippen molar-refractivity contribution < 1.29 is 4.74 Å². The molecule has 1 aromatic heterocycles. The van der Waals surface area contributed by atoms with E-state index < -0.39 is 0 Å². The number of nitrogens with one attached hydrogen (secondary N) is 2. The Kier molecular flexibility index (Phi) is 7.16. The number of aromatic nitrogens is 2. The van der Waals surface area contributed by atoms with Gasteiger partial charge in [0.25, 0.3) is 0 Å². The molecule has 0 bridgehead atoms. The standard InChI is InChI=1S/C21H31ClN6O/c1-21(2)15-28(11-12-29-21)19(16-5-7-17(22)8-6-16)14-25-20(23-3)24-13-18-9-10-26-27(18)4/h5-10,19H,11-15H2,1-4H3,(H2,23,24,25). The predicted molar refractivity (Wildman–Crippen MR) is 117 cm³/mol. The molecule has 0 saturated carbocycles. The highest BCUT2D eigenvalue weighted by Gasteiger charge is 2.32. The third-order valence-corrected chi connectivity index (χ3v) is 5.45. The Morgan fingerprint density at radius 2 is 2.03 bits per heavy atom. The smallest absolute Gasteiger partial charge is 0.191 e. The highest BCUT2D eigenvalue weighted by molar-refractivity contribution is 6.30. The second kappa shape index (κ2) is 9.61. The quantitative estimate of drug-likeness (QED) is 0.557. The molecule has 0 aliphatic carbocycles. The highest BCUT2D eigenvalue weighted by Crippen LogP contribution is 2.27. The molecule has 1 atom stereocenters. The number of ether oxygens (including phenoxy) is 1. The van der Waals surface area contributed by atoms with E-state index in [4.69, 9.17) is 16.3 Å². The molecule has 2 heterocycles. The molecule has 1 aliphatic heterocycles. The average Bonchev–Trinajstić information content (AvgIpc) is 3.10. The number of aryl methyl sites for hydroxylation is 1. The van der Waals surface area contributed by atoms with Gasteiger partial charge < -0.3 is 15.4 Å². The number of guanidine groups is 1. The minimum Gasteiger partial charge on any atom is -0.373 e. The van der Waals surface area contributed by atoms with E-state index in [1.807, 2.05) is 29.9 Å². The summed E-state index contributed by atoms with van der Waals surface area (Å²) in [5.74, 6) is 0.762. The number of morpholine rings is 1. The molecular weight excluding hydrogens is 388 g/mol. The minimum absolute atomic E-state index is 0.164. The summed E-state index contributed by atoms with van der Waals surface area (Å²) in [6.45, 7) is 8.14. The molecule has 158 valence electrons. The van der Waals surface area contributed by atoms with Gasteiger partial charge >= 0.3 is 0 Å². The zero-order valence-electron chi connectivity index (χ0n) is 17.7. The van der Waals surface area contributed by atoms with Crippen LogP contribution in [0.2, 0.25) is 5.02 Å². The van der Waals surface area contributed by atoms with Gasteiger partial charge in [-0.1, -0.05) is 23.7 Å². The average molecular weight is 419 g/mol. The highest BCUT2D eigenvalue weighted by atomic mass is 35.5. The Labute approximate surface area is 178 Å². The molecule has 2 aromatic rings. The number of aliphatic imine (C=N–C) groups is 1. The van der Waals surface area contributed by atoms with Crippen LogP contribution < -0.4 is 10.6 Å². The van der Waals surface area contributed by atoms with Crippen LogP contribution in [0.25, 0.3) is 0 Å². The normalized spacial score (nSPS) is 18.4. The van der Waals surface area contributed by atoms with Crippen molar-refractivity contribution >= 4 is 17.6 Å². The molecule has 3 rings (SSSR count). The Morgan fingerprint density at radius 1 is 1.28 bits per heavy atom. The molecular formula is C21H31ClN6O. The number of hydrogen-bond acceptors (Lipinski definition) is 4.